The Labute approximate surface area is 128 Å². The maximum absolute atomic E-state index is 3.65. The fourth-order valence-electron chi connectivity index (χ4n) is 1.79. The molecule has 0 aliphatic heterocycles. The lowest BCUT2D eigenvalue weighted by Crippen LogP contribution is -2.22. The Kier molecular flexibility index (Phi) is 5.02. The predicted octanol–water partition coefficient (Wildman–Crippen LogP) is 4.81. The van der Waals surface area contributed by atoms with Crippen LogP contribution < -0.4 is 5.32 Å². The van der Waals surface area contributed by atoms with Crippen molar-refractivity contribution in [2.45, 2.75) is 13.0 Å². The Morgan fingerprint density at radius 1 is 1.41 bits per heavy atom. The van der Waals surface area contributed by atoms with Crippen LogP contribution in [0.2, 0.25) is 0 Å². The molecule has 0 amide bonds. The number of hydrogen-bond acceptors (Lipinski definition) is 2. The van der Waals surface area contributed by atoms with Gasteiger partial charge in [0, 0.05) is 8.04 Å². The second-order valence-corrected chi connectivity index (χ2v) is 6.59. The highest BCUT2D eigenvalue weighted by molar-refractivity contribution is 14.1. The van der Waals surface area contributed by atoms with Crippen LogP contribution in [0.1, 0.15) is 24.1 Å². The first kappa shape index (κ1) is 13.5. The van der Waals surface area contributed by atoms with Gasteiger partial charge in [-0.2, -0.15) is 11.3 Å². The average Bonchev–Trinajstić information content (AvgIpc) is 2.83. The molecule has 2 rings (SSSR count). The average molecular weight is 422 g/mol. The maximum atomic E-state index is 3.65. The van der Waals surface area contributed by atoms with Crippen LogP contribution in [0.4, 0.5) is 0 Å². The van der Waals surface area contributed by atoms with Gasteiger partial charge >= 0.3 is 0 Å². The third-order valence-corrected chi connectivity index (χ3v) is 4.65. The maximum Gasteiger partial charge on any atom is 0.0596 e. The van der Waals surface area contributed by atoms with Crippen molar-refractivity contribution in [2.24, 2.45) is 0 Å². The molecule has 0 saturated heterocycles. The van der Waals surface area contributed by atoms with Gasteiger partial charge in [-0.25, -0.2) is 0 Å². The van der Waals surface area contributed by atoms with E-state index in [-0.39, 0.29) is 6.04 Å². The lowest BCUT2D eigenvalue weighted by atomic mass is 10.0. The van der Waals surface area contributed by atoms with Crippen molar-refractivity contribution in [1.29, 1.82) is 0 Å². The summed E-state index contributed by atoms with van der Waals surface area (Å²) in [6, 6.07) is 8.92. The first-order valence-electron chi connectivity index (χ1n) is 5.42. The Hall–Kier alpha value is 0.0900. The molecule has 17 heavy (non-hydrogen) atoms. The summed E-state index contributed by atoms with van der Waals surface area (Å²) in [6.45, 7) is 3.10. The van der Waals surface area contributed by atoms with Crippen molar-refractivity contribution in [3.63, 3.8) is 0 Å². The SMILES string of the molecule is CCNC(c1ccsc1)c1cc(I)ccc1Br. The van der Waals surface area contributed by atoms with Crippen LogP contribution in [0.3, 0.4) is 0 Å². The van der Waals surface area contributed by atoms with E-state index in [0.717, 1.165) is 11.0 Å². The summed E-state index contributed by atoms with van der Waals surface area (Å²) in [5.41, 5.74) is 2.64. The van der Waals surface area contributed by atoms with E-state index in [0.29, 0.717) is 0 Å². The molecule has 2 aromatic rings. The van der Waals surface area contributed by atoms with Crippen molar-refractivity contribution in [1.82, 2.24) is 5.32 Å². The largest absolute Gasteiger partial charge is 0.306 e. The van der Waals surface area contributed by atoms with Gasteiger partial charge in [-0.15, -0.1) is 0 Å². The summed E-state index contributed by atoms with van der Waals surface area (Å²) < 4.78 is 2.42. The Morgan fingerprint density at radius 2 is 2.24 bits per heavy atom. The van der Waals surface area contributed by atoms with Gasteiger partial charge in [-0.1, -0.05) is 22.9 Å². The summed E-state index contributed by atoms with van der Waals surface area (Å²) >= 11 is 7.74. The predicted molar refractivity (Wildman–Crippen MR) is 86.7 cm³/mol. The van der Waals surface area contributed by atoms with Gasteiger partial charge < -0.3 is 5.32 Å². The first-order valence-corrected chi connectivity index (χ1v) is 8.24. The zero-order valence-corrected chi connectivity index (χ0v) is 14.0. The highest BCUT2D eigenvalue weighted by Gasteiger charge is 2.16. The molecule has 1 heterocycles. The summed E-state index contributed by atoms with van der Waals surface area (Å²) in [5.74, 6) is 0. The van der Waals surface area contributed by atoms with E-state index in [2.05, 4.69) is 85.8 Å². The summed E-state index contributed by atoms with van der Waals surface area (Å²) in [6.07, 6.45) is 0. The van der Waals surface area contributed by atoms with Crippen molar-refractivity contribution in [3.8, 4) is 0 Å². The van der Waals surface area contributed by atoms with Gasteiger partial charge in [0.05, 0.1) is 6.04 Å². The topological polar surface area (TPSA) is 12.0 Å². The lowest BCUT2D eigenvalue weighted by molar-refractivity contribution is 0.630. The van der Waals surface area contributed by atoms with Gasteiger partial charge in [-0.3, -0.25) is 0 Å². The lowest BCUT2D eigenvalue weighted by Gasteiger charge is -2.19. The summed E-state index contributed by atoms with van der Waals surface area (Å²) in [4.78, 5) is 0. The quantitative estimate of drug-likeness (QED) is 0.698. The van der Waals surface area contributed by atoms with Crippen molar-refractivity contribution < 1.29 is 0 Å². The van der Waals surface area contributed by atoms with Crippen molar-refractivity contribution in [3.05, 3.63) is 54.2 Å². The number of benzene rings is 1. The Morgan fingerprint density at radius 3 is 2.88 bits per heavy atom. The number of thiophene rings is 1. The van der Waals surface area contributed by atoms with Crippen LogP contribution in [0.15, 0.2) is 39.5 Å². The number of halogens is 2. The number of rotatable bonds is 4. The monoisotopic (exact) mass is 421 g/mol. The zero-order chi connectivity index (χ0) is 12.3. The zero-order valence-electron chi connectivity index (χ0n) is 9.41. The van der Waals surface area contributed by atoms with Crippen LogP contribution in [0.25, 0.3) is 0 Å². The molecule has 1 nitrogen and oxygen atoms in total. The van der Waals surface area contributed by atoms with Crippen LogP contribution in [-0.2, 0) is 0 Å². The van der Waals surface area contributed by atoms with Crippen LogP contribution >= 0.6 is 49.9 Å². The van der Waals surface area contributed by atoms with Crippen molar-refractivity contribution in [2.75, 3.05) is 6.54 Å². The fraction of sp³-hybridized carbons (Fsp3) is 0.231. The molecule has 0 radical (unpaired) electrons. The molecule has 1 atom stereocenters. The molecule has 0 aliphatic carbocycles. The highest BCUT2D eigenvalue weighted by Crippen LogP contribution is 2.30. The van der Waals surface area contributed by atoms with E-state index in [1.807, 2.05) is 0 Å². The molecule has 1 N–H and O–H groups in total. The van der Waals surface area contributed by atoms with E-state index in [4.69, 9.17) is 0 Å². The second kappa shape index (κ2) is 6.31. The molecule has 0 bridgehead atoms. The molecule has 0 spiro atoms. The van der Waals surface area contributed by atoms with E-state index in [1.54, 1.807) is 11.3 Å². The molecule has 1 unspecified atom stereocenters. The van der Waals surface area contributed by atoms with Gasteiger partial charge in [0.1, 0.15) is 0 Å². The third kappa shape index (κ3) is 3.30. The highest BCUT2D eigenvalue weighted by atomic mass is 127. The van der Waals surface area contributed by atoms with Gasteiger partial charge in [-0.05, 0) is 75.3 Å². The van der Waals surface area contributed by atoms with E-state index in [1.165, 1.54) is 14.7 Å². The van der Waals surface area contributed by atoms with Crippen molar-refractivity contribution >= 4 is 49.9 Å². The minimum atomic E-state index is 0.273. The molecule has 1 aromatic carbocycles. The van der Waals surface area contributed by atoms with Crippen LogP contribution in [-0.4, -0.2) is 6.54 Å². The van der Waals surface area contributed by atoms with Crippen LogP contribution in [0, 0.1) is 3.57 Å². The molecule has 0 aliphatic rings. The number of hydrogen-bond donors (Lipinski definition) is 1. The molecular formula is C13H13BrINS. The minimum Gasteiger partial charge on any atom is -0.306 e. The van der Waals surface area contributed by atoms with Gasteiger partial charge in [0.2, 0.25) is 0 Å². The first-order chi connectivity index (χ1) is 8.22. The Balaban J connectivity index is 2.42. The molecule has 90 valence electrons. The molecule has 0 saturated carbocycles. The van der Waals surface area contributed by atoms with Gasteiger partial charge in [0.15, 0.2) is 0 Å². The minimum absolute atomic E-state index is 0.273. The molecule has 0 fully saturated rings. The van der Waals surface area contributed by atoms with E-state index in [9.17, 15) is 0 Å². The standard InChI is InChI=1S/C13H13BrINS/c1-2-16-13(9-5-6-17-8-9)11-7-10(15)3-4-12(11)14/h3-8,13,16H,2H2,1H3. The molecular weight excluding hydrogens is 409 g/mol. The van der Waals surface area contributed by atoms with E-state index >= 15 is 0 Å². The van der Waals surface area contributed by atoms with E-state index < -0.39 is 0 Å². The Bertz CT molecular complexity index is 484. The molecule has 1 aromatic heterocycles. The smallest absolute Gasteiger partial charge is 0.0596 e. The van der Waals surface area contributed by atoms with Crippen LogP contribution in [0.5, 0.6) is 0 Å². The fourth-order valence-corrected chi connectivity index (χ4v) is 3.46. The summed E-state index contributed by atoms with van der Waals surface area (Å²) in [7, 11) is 0. The second-order valence-electron chi connectivity index (χ2n) is 3.71. The van der Waals surface area contributed by atoms with Gasteiger partial charge in [0.25, 0.3) is 0 Å². The molecule has 4 heteroatoms. The normalized spacial score (nSPS) is 12.6. The third-order valence-electron chi connectivity index (χ3n) is 2.55. The number of nitrogens with one attached hydrogen (secondary N) is 1. The summed E-state index contributed by atoms with van der Waals surface area (Å²) in [5, 5.41) is 7.88.